The molecule has 112 valence electrons. The van der Waals surface area contributed by atoms with Crippen LogP contribution in [-0.2, 0) is 14.8 Å². The van der Waals surface area contributed by atoms with E-state index >= 15 is 0 Å². The van der Waals surface area contributed by atoms with Crippen LogP contribution < -0.4 is 4.72 Å². The molecule has 1 unspecified atom stereocenters. The van der Waals surface area contributed by atoms with Crippen LogP contribution in [-0.4, -0.2) is 38.9 Å². The third kappa shape index (κ3) is 3.37. The van der Waals surface area contributed by atoms with Gasteiger partial charge in [0.15, 0.2) is 0 Å². The summed E-state index contributed by atoms with van der Waals surface area (Å²) in [7, 11) is -2.25. The van der Waals surface area contributed by atoms with Gasteiger partial charge in [-0.1, -0.05) is 0 Å². The van der Waals surface area contributed by atoms with Gasteiger partial charge >= 0.3 is 0 Å². The Balaban J connectivity index is 2.19. The molecule has 6 nitrogen and oxygen atoms in total. The second kappa shape index (κ2) is 5.79. The second-order valence-electron chi connectivity index (χ2n) is 4.88. The molecule has 1 N–H and O–H groups in total. The van der Waals surface area contributed by atoms with E-state index in [1.54, 1.807) is 13.1 Å². The monoisotopic (exact) mass is 311 g/mol. The molecule has 0 radical (unpaired) electrons. The first kappa shape index (κ1) is 15.4. The summed E-state index contributed by atoms with van der Waals surface area (Å²) in [6.45, 7) is 0.282. The molecule has 1 heterocycles. The summed E-state index contributed by atoms with van der Waals surface area (Å²) in [5.74, 6) is -0.793. The van der Waals surface area contributed by atoms with Gasteiger partial charge in [0.25, 0.3) is 0 Å². The molecule has 0 spiro atoms. The van der Waals surface area contributed by atoms with Gasteiger partial charge in [-0.3, -0.25) is 4.79 Å². The highest BCUT2D eigenvalue weighted by Crippen LogP contribution is 2.17. The highest BCUT2D eigenvalue weighted by molar-refractivity contribution is 7.89. The van der Waals surface area contributed by atoms with Crippen LogP contribution in [0.1, 0.15) is 18.4 Å². The van der Waals surface area contributed by atoms with E-state index in [-0.39, 0.29) is 29.3 Å². The lowest BCUT2D eigenvalue weighted by Crippen LogP contribution is -2.48. The first-order chi connectivity index (χ1) is 9.83. The van der Waals surface area contributed by atoms with Crippen LogP contribution in [0, 0.1) is 17.1 Å². The van der Waals surface area contributed by atoms with Crippen LogP contribution in [0.15, 0.2) is 23.1 Å². The summed E-state index contributed by atoms with van der Waals surface area (Å²) < 4.78 is 40.2. The summed E-state index contributed by atoms with van der Waals surface area (Å²) in [5, 5.41) is 8.74. The Morgan fingerprint density at radius 1 is 1.48 bits per heavy atom. The molecule has 0 aliphatic carbocycles. The van der Waals surface area contributed by atoms with Crippen molar-refractivity contribution < 1.29 is 17.6 Å². The van der Waals surface area contributed by atoms with Crippen LogP contribution in [0.25, 0.3) is 0 Å². The van der Waals surface area contributed by atoms with Crippen LogP contribution >= 0.6 is 0 Å². The van der Waals surface area contributed by atoms with Crippen molar-refractivity contribution in [1.29, 1.82) is 5.26 Å². The van der Waals surface area contributed by atoms with Gasteiger partial charge in [-0.15, -0.1) is 0 Å². The molecule has 1 saturated heterocycles. The van der Waals surface area contributed by atoms with Crippen molar-refractivity contribution in [3.8, 4) is 6.07 Å². The SMILES string of the molecule is CN1CC(NS(=O)(=O)c2ccc(F)c(C#N)c2)CCC1=O. The lowest BCUT2D eigenvalue weighted by molar-refractivity contribution is -0.132. The Morgan fingerprint density at radius 2 is 2.19 bits per heavy atom. The van der Waals surface area contributed by atoms with E-state index < -0.39 is 21.9 Å². The number of sulfonamides is 1. The molecule has 0 saturated carbocycles. The number of carbonyl (C=O) groups excluding carboxylic acids is 1. The van der Waals surface area contributed by atoms with Crippen molar-refractivity contribution in [1.82, 2.24) is 9.62 Å². The Bertz CT molecular complexity index is 712. The predicted molar refractivity (Wildman–Crippen MR) is 72.1 cm³/mol. The quantitative estimate of drug-likeness (QED) is 0.885. The maximum absolute atomic E-state index is 13.2. The molecule has 0 bridgehead atoms. The number of hydrogen-bond acceptors (Lipinski definition) is 4. The van der Waals surface area contributed by atoms with Crippen molar-refractivity contribution in [2.45, 2.75) is 23.8 Å². The normalized spacial score (nSPS) is 19.4. The molecule has 1 atom stereocenters. The lowest BCUT2D eigenvalue weighted by Gasteiger charge is -2.29. The fourth-order valence-electron chi connectivity index (χ4n) is 2.15. The van der Waals surface area contributed by atoms with Crippen LogP contribution in [0.4, 0.5) is 4.39 Å². The minimum atomic E-state index is -3.86. The molecule has 2 rings (SSSR count). The number of amides is 1. The fourth-order valence-corrected chi connectivity index (χ4v) is 3.44. The standard InChI is InChI=1S/C13H14FN3O3S/c1-17-8-10(2-5-13(17)18)16-21(19,20)11-3-4-12(14)9(6-11)7-15/h3-4,6,10,16H,2,5,8H2,1H3. The number of nitrogens with one attached hydrogen (secondary N) is 1. The van der Waals surface area contributed by atoms with Gasteiger partial charge in [0.2, 0.25) is 15.9 Å². The number of piperidine rings is 1. The van der Waals surface area contributed by atoms with Gasteiger partial charge in [-0.05, 0) is 24.6 Å². The average Bonchev–Trinajstić information content (AvgIpc) is 2.43. The zero-order chi connectivity index (χ0) is 15.6. The first-order valence-corrected chi connectivity index (χ1v) is 7.78. The third-order valence-electron chi connectivity index (χ3n) is 3.32. The van der Waals surface area contributed by atoms with Crippen molar-refractivity contribution >= 4 is 15.9 Å². The third-order valence-corrected chi connectivity index (χ3v) is 4.84. The molecule has 21 heavy (non-hydrogen) atoms. The number of carbonyl (C=O) groups is 1. The molecule has 1 aliphatic rings. The molecule has 1 aliphatic heterocycles. The minimum absolute atomic E-state index is 0.0287. The van der Waals surface area contributed by atoms with E-state index in [4.69, 9.17) is 5.26 Å². The zero-order valence-electron chi connectivity index (χ0n) is 11.3. The first-order valence-electron chi connectivity index (χ1n) is 6.29. The lowest BCUT2D eigenvalue weighted by atomic mass is 10.1. The predicted octanol–water partition coefficient (Wildman–Crippen LogP) is 0.596. The summed E-state index contributed by atoms with van der Waals surface area (Å²) in [5.41, 5.74) is -0.325. The number of likely N-dealkylation sites (N-methyl/N-ethyl adjacent to an activating group) is 1. The van der Waals surface area contributed by atoms with Crippen molar-refractivity contribution in [2.24, 2.45) is 0 Å². The summed E-state index contributed by atoms with van der Waals surface area (Å²) in [6.07, 6.45) is 0.686. The van der Waals surface area contributed by atoms with E-state index in [1.807, 2.05) is 0 Å². The topological polar surface area (TPSA) is 90.3 Å². The van der Waals surface area contributed by atoms with Crippen LogP contribution in [0.3, 0.4) is 0 Å². The Hall–Kier alpha value is -1.98. The van der Waals surface area contributed by atoms with Gasteiger partial charge in [-0.2, -0.15) is 5.26 Å². The number of hydrogen-bond donors (Lipinski definition) is 1. The number of likely N-dealkylation sites (tertiary alicyclic amines) is 1. The van der Waals surface area contributed by atoms with Crippen LogP contribution in [0.5, 0.6) is 0 Å². The maximum Gasteiger partial charge on any atom is 0.240 e. The van der Waals surface area contributed by atoms with Crippen LogP contribution in [0.2, 0.25) is 0 Å². The zero-order valence-corrected chi connectivity index (χ0v) is 12.2. The molecular formula is C13H14FN3O3S. The van der Waals surface area contributed by atoms with Crippen molar-refractivity contribution in [3.05, 3.63) is 29.6 Å². The smallest absolute Gasteiger partial charge is 0.240 e. The minimum Gasteiger partial charge on any atom is -0.344 e. The van der Waals surface area contributed by atoms with Crippen molar-refractivity contribution in [2.75, 3.05) is 13.6 Å². The van der Waals surface area contributed by atoms with Crippen molar-refractivity contribution in [3.63, 3.8) is 0 Å². The summed E-state index contributed by atoms with van der Waals surface area (Å²) >= 11 is 0. The van der Waals surface area contributed by atoms with Gasteiger partial charge < -0.3 is 4.90 Å². The molecule has 1 aromatic rings. The molecule has 1 fully saturated rings. The molecule has 8 heteroatoms. The highest BCUT2D eigenvalue weighted by atomic mass is 32.2. The summed E-state index contributed by atoms with van der Waals surface area (Å²) in [6, 6.07) is 4.26. The molecule has 1 aromatic carbocycles. The highest BCUT2D eigenvalue weighted by Gasteiger charge is 2.27. The fraction of sp³-hybridized carbons (Fsp3) is 0.385. The number of benzene rings is 1. The largest absolute Gasteiger partial charge is 0.344 e. The van der Waals surface area contributed by atoms with E-state index in [0.29, 0.717) is 6.42 Å². The Morgan fingerprint density at radius 3 is 2.81 bits per heavy atom. The Kier molecular flexibility index (Phi) is 4.25. The second-order valence-corrected chi connectivity index (χ2v) is 6.60. The molecule has 1 amide bonds. The van der Waals surface area contributed by atoms with Gasteiger partial charge in [-0.25, -0.2) is 17.5 Å². The molecule has 0 aromatic heterocycles. The maximum atomic E-state index is 13.2. The van der Waals surface area contributed by atoms with E-state index in [0.717, 1.165) is 18.2 Å². The van der Waals surface area contributed by atoms with Gasteiger partial charge in [0, 0.05) is 26.1 Å². The Labute approximate surface area is 122 Å². The van der Waals surface area contributed by atoms with Gasteiger partial charge in [0.1, 0.15) is 11.9 Å². The summed E-state index contributed by atoms with van der Waals surface area (Å²) in [4.78, 5) is 12.7. The average molecular weight is 311 g/mol. The number of halogens is 1. The van der Waals surface area contributed by atoms with E-state index in [9.17, 15) is 17.6 Å². The number of rotatable bonds is 3. The van der Waals surface area contributed by atoms with E-state index in [2.05, 4.69) is 4.72 Å². The van der Waals surface area contributed by atoms with Gasteiger partial charge in [0.05, 0.1) is 10.5 Å². The number of nitriles is 1. The molecular weight excluding hydrogens is 297 g/mol. The number of nitrogens with zero attached hydrogens (tertiary/aromatic N) is 2. The van der Waals surface area contributed by atoms with E-state index in [1.165, 1.54) is 4.90 Å².